The first kappa shape index (κ1) is 13.2. The van der Waals surface area contributed by atoms with Gasteiger partial charge >= 0.3 is 0 Å². The summed E-state index contributed by atoms with van der Waals surface area (Å²) in [6.45, 7) is 6.62. The zero-order chi connectivity index (χ0) is 12.2. The van der Waals surface area contributed by atoms with E-state index in [4.69, 9.17) is 5.11 Å². The van der Waals surface area contributed by atoms with Crippen molar-refractivity contribution in [3.05, 3.63) is 34.9 Å². The molecule has 0 aromatic heterocycles. The highest BCUT2D eigenvalue weighted by Gasteiger charge is 2.17. The smallest absolute Gasteiger partial charge is 0.0972 e. The summed E-state index contributed by atoms with van der Waals surface area (Å²) in [6, 6.07) is 6.37. The predicted octanol–water partition coefficient (Wildman–Crippen LogP) is 1.14. The van der Waals surface area contributed by atoms with Gasteiger partial charge < -0.3 is 15.5 Å². The van der Waals surface area contributed by atoms with E-state index < -0.39 is 5.60 Å². The molecule has 1 unspecified atom stereocenters. The molecular weight excluding hydrogens is 202 g/mol. The number of hydrogen-bond acceptors (Lipinski definition) is 3. The minimum absolute atomic E-state index is 0.229. The van der Waals surface area contributed by atoms with E-state index in [1.165, 1.54) is 16.7 Å². The number of benzene rings is 1. The van der Waals surface area contributed by atoms with E-state index in [-0.39, 0.29) is 6.61 Å². The van der Waals surface area contributed by atoms with Crippen molar-refractivity contribution in [3.8, 4) is 0 Å². The highest BCUT2D eigenvalue weighted by Crippen LogP contribution is 2.09. The summed E-state index contributed by atoms with van der Waals surface area (Å²) in [7, 11) is 0. The van der Waals surface area contributed by atoms with Crippen molar-refractivity contribution in [1.82, 2.24) is 5.32 Å². The third-order valence-corrected chi connectivity index (χ3v) is 2.46. The van der Waals surface area contributed by atoms with Crippen LogP contribution in [0.3, 0.4) is 0 Å². The van der Waals surface area contributed by atoms with Crippen LogP contribution in [0, 0.1) is 13.8 Å². The Morgan fingerprint density at radius 1 is 1.19 bits per heavy atom. The van der Waals surface area contributed by atoms with Gasteiger partial charge in [0.25, 0.3) is 0 Å². The summed E-state index contributed by atoms with van der Waals surface area (Å²) in [5.41, 5.74) is 2.64. The molecule has 0 amide bonds. The lowest BCUT2D eigenvalue weighted by atomic mass is 10.1. The Morgan fingerprint density at radius 2 is 1.75 bits per heavy atom. The average Bonchev–Trinajstić information content (AvgIpc) is 2.16. The van der Waals surface area contributed by atoms with Gasteiger partial charge in [-0.25, -0.2) is 0 Å². The van der Waals surface area contributed by atoms with Crippen LogP contribution in [0.25, 0.3) is 0 Å². The number of aliphatic hydroxyl groups is 2. The Labute approximate surface area is 97.1 Å². The van der Waals surface area contributed by atoms with Gasteiger partial charge in [0.15, 0.2) is 0 Å². The Kier molecular flexibility index (Phi) is 4.47. The summed E-state index contributed by atoms with van der Waals surface area (Å²) in [6.07, 6.45) is 0. The fraction of sp³-hybridized carbons (Fsp3) is 0.538. The van der Waals surface area contributed by atoms with Gasteiger partial charge in [-0.1, -0.05) is 29.3 Å². The molecule has 3 heteroatoms. The van der Waals surface area contributed by atoms with Gasteiger partial charge in [-0.2, -0.15) is 0 Å². The van der Waals surface area contributed by atoms with E-state index >= 15 is 0 Å². The monoisotopic (exact) mass is 223 g/mol. The van der Waals surface area contributed by atoms with Crippen molar-refractivity contribution in [2.75, 3.05) is 13.2 Å². The van der Waals surface area contributed by atoms with E-state index in [1.807, 2.05) is 0 Å². The normalized spacial score (nSPS) is 14.8. The lowest BCUT2D eigenvalue weighted by Gasteiger charge is -2.20. The fourth-order valence-corrected chi connectivity index (χ4v) is 1.70. The summed E-state index contributed by atoms with van der Waals surface area (Å²) < 4.78 is 0. The SMILES string of the molecule is Cc1cc(C)cc(CNCC(C)(O)CO)c1. The minimum atomic E-state index is -1.04. The molecule has 0 saturated heterocycles. The standard InChI is InChI=1S/C13H21NO2/c1-10-4-11(2)6-12(5-10)7-14-8-13(3,16)9-15/h4-6,14-16H,7-9H2,1-3H3. The second-order valence-corrected chi connectivity index (χ2v) is 4.75. The number of aliphatic hydroxyl groups excluding tert-OH is 1. The zero-order valence-electron chi connectivity index (χ0n) is 10.2. The maximum atomic E-state index is 9.60. The molecule has 3 N–H and O–H groups in total. The molecule has 3 nitrogen and oxygen atoms in total. The van der Waals surface area contributed by atoms with Gasteiger partial charge in [0.1, 0.15) is 0 Å². The third-order valence-electron chi connectivity index (χ3n) is 2.46. The van der Waals surface area contributed by atoms with Crippen LogP contribution < -0.4 is 5.32 Å². The summed E-state index contributed by atoms with van der Waals surface area (Å²) in [5, 5.41) is 21.6. The van der Waals surface area contributed by atoms with Gasteiger partial charge in [0, 0.05) is 13.1 Å². The number of aryl methyl sites for hydroxylation is 2. The Balaban J connectivity index is 2.49. The molecule has 1 aromatic rings. The number of nitrogens with one attached hydrogen (secondary N) is 1. The van der Waals surface area contributed by atoms with Crippen molar-refractivity contribution < 1.29 is 10.2 Å². The van der Waals surface area contributed by atoms with Crippen LogP contribution in [0.4, 0.5) is 0 Å². The fourth-order valence-electron chi connectivity index (χ4n) is 1.70. The first-order valence-electron chi connectivity index (χ1n) is 5.54. The molecular formula is C13H21NO2. The van der Waals surface area contributed by atoms with Crippen molar-refractivity contribution in [2.24, 2.45) is 0 Å². The van der Waals surface area contributed by atoms with Crippen LogP contribution in [0.1, 0.15) is 23.6 Å². The van der Waals surface area contributed by atoms with Crippen LogP contribution in [0.15, 0.2) is 18.2 Å². The quantitative estimate of drug-likeness (QED) is 0.701. The summed E-state index contributed by atoms with van der Waals surface area (Å²) >= 11 is 0. The van der Waals surface area contributed by atoms with Crippen molar-refractivity contribution in [1.29, 1.82) is 0 Å². The first-order valence-corrected chi connectivity index (χ1v) is 5.54. The Morgan fingerprint density at radius 3 is 2.25 bits per heavy atom. The number of rotatable bonds is 5. The lowest BCUT2D eigenvalue weighted by Crippen LogP contribution is -2.40. The van der Waals surface area contributed by atoms with Gasteiger partial charge in [-0.05, 0) is 26.3 Å². The van der Waals surface area contributed by atoms with Crippen LogP contribution in [-0.4, -0.2) is 29.0 Å². The van der Waals surface area contributed by atoms with E-state index in [2.05, 4.69) is 37.4 Å². The lowest BCUT2D eigenvalue weighted by molar-refractivity contribution is 0.00254. The van der Waals surface area contributed by atoms with E-state index in [0.717, 1.165) is 0 Å². The molecule has 0 aliphatic carbocycles. The maximum Gasteiger partial charge on any atom is 0.0972 e. The van der Waals surface area contributed by atoms with Gasteiger partial charge in [0.05, 0.1) is 12.2 Å². The highest BCUT2D eigenvalue weighted by atomic mass is 16.3. The van der Waals surface area contributed by atoms with Crippen LogP contribution in [-0.2, 0) is 6.54 Å². The minimum Gasteiger partial charge on any atom is -0.393 e. The molecule has 0 saturated carbocycles. The summed E-state index contributed by atoms with van der Waals surface area (Å²) in [5.74, 6) is 0. The topological polar surface area (TPSA) is 52.5 Å². The molecule has 0 heterocycles. The molecule has 1 atom stereocenters. The van der Waals surface area contributed by atoms with Gasteiger partial charge in [-0.3, -0.25) is 0 Å². The maximum absolute atomic E-state index is 9.60. The molecule has 0 spiro atoms. The molecule has 0 aliphatic heterocycles. The van der Waals surface area contributed by atoms with Crippen molar-refractivity contribution in [2.45, 2.75) is 32.9 Å². The molecule has 16 heavy (non-hydrogen) atoms. The molecule has 1 aromatic carbocycles. The first-order chi connectivity index (χ1) is 7.43. The van der Waals surface area contributed by atoms with E-state index in [9.17, 15) is 5.11 Å². The van der Waals surface area contributed by atoms with Crippen LogP contribution >= 0.6 is 0 Å². The van der Waals surface area contributed by atoms with Crippen molar-refractivity contribution >= 4 is 0 Å². The number of hydrogen-bond donors (Lipinski definition) is 3. The van der Waals surface area contributed by atoms with Crippen LogP contribution in [0.2, 0.25) is 0 Å². The Bertz CT molecular complexity index is 328. The molecule has 0 bridgehead atoms. The second kappa shape index (κ2) is 5.43. The molecule has 0 aliphatic rings. The Hall–Kier alpha value is -0.900. The molecule has 0 radical (unpaired) electrons. The molecule has 90 valence electrons. The molecule has 0 fully saturated rings. The van der Waals surface area contributed by atoms with E-state index in [1.54, 1.807) is 6.92 Å². The average molecular weight is 223 g/mol. The summed E-state index contributed by atoms with van der Waals surface area (Å²) in [4.78, 5) is 0. The predicted molar refractivity (Wildman–Crippen MR) is 65.3 cm³/mol. The van der Waals surface area contributed by atoms with Crippen LogP contribution in [0.5, 0.6) is 0 Å². The van der Waals surface area contributed by atoms with Gasteiger partial charge in [0.2, 0.25) is 0 Å². The van der Waals surface area contributed by atoms with Crippen molar-refractivity contribution in [3.63, 3.8) is 0 Å². The third kappa shape index (κ3) is 4.31. The largest absolute Gasteiger partial charge is 0.393 e. The molecule has 1 rings (SSSR count). The van der Waals surface area contributed by atoms with Gasteiger partial charge in [-0.15, -0.1) is 0 Å². The second-order valence-electron chi connectivity index (χ2n) is 4.75. The van der Waals surface area contributed by atoms with E-state index in [0.29, 0.717) is 13.1 Å². The highest BCUT2D eigenvalue weighted by molar-refractivity contribution is 5.28. The zero-order valence-corrected chi connectivity index (χ0v) is 10.2.